The van der Waals surface area contributed by atoms with Crippen LogP contribution in [0.4, 0.5) is 0 Å². The molecule has 0 aromatic heterocycles. The molecule has 0 fully saturated rings. The van der Waals surface area contributed by atoms with Gasteiger partial charge in [-0.15, -0.1) is 0 Å². The molecule has 0 aliphatic rings. The Morgan fingerprint density at radius 2 is 0.809 bits per heavy atom. The first-order chi connectivity index (χ1) is 23.0. The number of ketones is 1. The zero-order valence-electron chi connectivity index (χ0n) is 32.3. The average molecular weight is 665 g/mol. The number of hydrogen-bond acceptors (Lipinski definition) is 5. The molecule has 0 heterocycles. The highest BCUT2D eigenvalue weighted by Gasteiger charge is 2.13. The van der Waals surface area contributed by atoms with Gasteiger partial charge in [-0.25, -0.2) is 0 Å². The molecule has 0 rings (SSSR count). The first kappa shape index (κ1) is 46.1. The lowest BCUT2D eigenvalue weighted by molar-refractivity contribution is -0.144. The fourth-order valence-electron chi connectivity index (χ4n) is 6.53. The molecule has 0 radical (unpaired) electrons. The standard InChI is InChI=1S/C42H84N2O3/c1-4-6-8-10-12-14-16-18-20-22-24-26-28-30-32-34-40(45)36-37-41(43)44(3)38-39-47-42(46)35-33-31-29-27-25-23-21-19-17-15-13-11-9-7-5-2/h41H,4-39,43H2,1-3H3. The number of likely N-dealkylation sites (N-methyl/N-ethyl adjacent to an activating group) is 1. The van der Waals surface area contributed by atoms with Crippen LogP contribution in [0.25, 0.3) is 0 Å². The number of hydrogen-bond donors (Lipinski definition) is 1. The molecule has 0 aromatic rings. The second-order valence-corrected chi connectivity index (χ2v) is 14.7. The summed E-state index contributed by atoms with van der Waals surface area (Å²) in [5.41, 5.74) is 6.30. The van der Waals surface area contributed by atoms with E-state index in [-0.39, 0.29) is 12.1 Å². The maximum absolute atomic E-state index is 12.3. The highest BCUT2D eigenvalue weighted by atomic mass is 16.5. The van der Waals surface area contributed by atoms with E-state index in [0.717, 1.165) is 19.3 Å². The van der Waals surface area contributed by atoms with Crippen molar-refractivity contribution < 1.29 is 14.3 Å². The Kier molecular flexibility index (Phi) is 37.1. The van der Waals surface area contributed by atoms with Crippen molar-refractivity contribution in [2.75, 3.05) is 20.2 Å². The summed E-state index contributed by atoms with van der Waals surface area (Å²) in [6.45, 7) is 5.54. The van der Waals surface area contributed by atoms with Crippen LogP contribution in [0.1, 0.15) is 232 Å². The third-order valence-corrected chi connectivity index (χ3v) is 10.0. The summed E-state index contributed by atoms with van der Waals surface area (Å²) in [6.07, 6.45) is 42.2. The Morgan fingerprint density at radius 1 is 0.489 bits per heavy atom. The predicted molar refractivity (Wildman–Crippen MR) is 205 cm³/mol. The van der Waals surface area contributed by atoms with E-state index in [9.17, 15) is 9.59 Å². The van der Waals surface area contributed by atoms with Crippen molar-refractivity contribution >= 4 is 11.8 Å². The SMILES string of the molecule is CCCCCCCCCCCCCCCCCC(=O)CCC(N)N(C)CCOC(=O)CCCCCCCCCCCCCCCCC. The van der Waals surface area contributed by atoms with Gasteiger partial charge >= 0.3 is 5.97 Å². The highest BCUT2D eigenvalue weighted by Crippen LogP contribution is 2.16. The van der Waals surface area contributed by atoms with E-state index in [1.165, 1.54) is 173 Å². The van der Waals surface area contributed by atoms with Gasteiger partial charge in [-0.2, -0.15) is 0 Å². The number of Topliss-reactive ketones (excluding diaryl/α,β-unsaturated/α-hetero) is 1. The van der Waals surface area contributed by atoms with Crippen molar-refractivity contribution in [1.82, 2.24) is 4.90 Å². The van der Waals surface area contributed by atoms with Crippen LogP contribution in [0.3, 0.4) is 0 Å². The fourth-order valence-corrected chi connectivity index (χ4v) is 6.53. The Labute approximate surface area is 294 Å². The van der Waals surface area contributed by atoms with Crippen LogP contribution in [0, 0.1) is 0 Å². The number of nitrogens with two attached hydrogens (primary N) is 1. The third kappa shape index (κ3) is 36.2. The molecule has 5 nitrogen and oxygen atoms in total. The van der Waals surface area contributed by atoms with E-state index in [0.29, 0.717) is 44.6 Å². The number of unbranched alkanes of at least 4 members (excludes halogenated alkanes) is 28. The van der Waals surface area contributed by atoms with Gasteiger partial charge in [0.05, 0.1) is 6.17 Å². The molecular weight excluding hydrogens is 580 g/mol. The van der Waals surface area contributed by atoms with E-state index in [4.69, 9.17) is 10.5 Å². The lowest BCUT2D eigenvalue weighted by Crippen LogP contribution is -2.41. The van der Waals surface area contributed by atoms with Crippen LogP contribution >= 0.6 is 0 Å². The molecule has 47 heavy (non-hydrogen) atoms. The summed E-state index contributed by atoms with van der Waals surface area (Å²) in [5.74, 6) is 0.235. The number of ether oxygens (including phenoxy) is 1. The normalized spacial score (nSPS) is 12.2. The third-order valence-electron chi connectivity index (χ3n) is 10.0. The van der Waals surface area contributed by atoms with Crippen LogP contribution in [-0.4, -0.2) is 43.0 Å². The minimum atomic E-state index is -0.172. The molecular formula is C42H84N2O3. The molecule has 0 bridgehead atoms. The van der Waals surface area contributed by atoms with Crippen LogP contribution in [-0.2, 0) is 14.3 Å². The Hall–Kier alpha value is -0.940. The van der Waals surface area contributed by atoms with Gasteiger partial charge in [0.25, 0.3) is 0 Å². The molecule has 0 amide bonds. The Bertz CT molecular complexity index is 656. The zero-order valence-corrected chi connectivity index (χ0v) is 32.3. The number of rotatable bonds is 39. The number of esters is 1. The summed E-state index contributed by atoms with van der Waals surface area (Å²) in [4.78, 5) is 26.5. The molecule has 2 N–H and O–H groups in total. The number of carbonyl (C=O) groups is 2. The Balaban J connectivity index is 3.47. The molecule has 0 aliphatic heterocycles. The van der Waals surface area contributed by atoms with Crippen molar-refractivity contribution in [1.29, 1.82) is 0 Å². The van der Waals surface area contributed by atoms with Gasteiger partial charge in [-0.3, -0.25) is 14.5 Å². The lowest BCUT2D eigenvalue weighted by Gasteiger charge is -2.24. The molecule has 5 heteroatoms. The van der Waals surface area contributed by atoms with Gasteiger partial charge < -0.3 is 10.5 Å². The summed E-state index contributed by atoms with van der Waals surface area (Å²) in [5, 5.41) is 0. The monoisotopic (exact) mass is 665 g/mol. The van der Waals surface area contributed by atoms with Crippen molar-refractivity contribution in [3.63, 3.8) is 0 Å². The average Bonchev–Trinajstić information content (AvgIpc) is 3.07. The molecule has 280 valence electrons. The van der Waals surface area contributed by atoms with Crippen LogP contribution in [0.5, 0.6) is 0 Å². The Morgan fingerprint density at radius 3 is 1.17 bits per heavy atom. The number of nitrogens with zero attached hydrogens (tertiary/aromatic N) is 1. The minimum absolute atomic E-state index is 0.0969. The molecule has 0 saturated heterocycles. The van der Waals surface area contributed by atoms with Crippen molar-refractivity contribution in [2.45, 2.75) is 238 Å². The first-order valence-corrected chi connectivity index (χ1v) is 21.1. The van der Waals surface area contributed by atoms with E-state index in [2.05, 4.69) is 13.8 Å². The second kappa shape index (κ2) is 37.9. The van der Waals surface area contributed by atoms with Gasteiger partial charge in [0.2, 0.25) is 0 Å². The van der Waals surface area contributed by atoms with Crippen LogP contribution < -0.4 is 5.73 Å². The van der Waals surface area contributed by atoms with E-state index < -0.39 is 0 Å². The number of carbonyl (C=O) groups excluding carboxylic acids is 2. The van der Waals surface area contributed by atoms with E-state index in [1.54, 1.807) is 0 Å². The second-order valence-electron chi connectivity index (χ2n) is 14.7. The molecule has 0 saturated carbocycles. The molecule has 1 atom stereocenters. The van der Waals surface area contributed by atoms with Crippen molar-refractivity contribution in [2.24, 2.45) is 5.73 Å². The molecule has 0 aliphatic carbocycles. The van der Waals surface area contributed by atoms with Crippen molar-refractivity contribution in [3.8, 4) is 0 Å². The van der Waals surface area contributed by atoms with Crippen molar-refractivity contribution in [3.05, 3.63) is 0 Å². The predicted octanol–water partition coefficient (Wildman–Crippen LogP) is 12.6. The maximum atomic E-state index is 12.3. The largest absolute Gasteiger partial charge is 0.464 e. The summed E-state index contributed by atoms with van der Waals surface area (Å²) >= 11 is 0. The fraction of sp³-hybridized carbons (Fsp3) is 0.952. The van der Waals surface area contributed by atoms with Gasteiger partial charge in [0.15, 0.2) is 0 Å². The van der Waals surface area contributed by atoms with Gasteiger partial charge in [0.1, 0.15) is 12.4 Å². The first-order valence-electron chi connectivity index (χ1n) is 21.1. The van der Waals surface area contributed by atoms with Gasteiger partial charge in [-0.1, -0.05) is 194 Å². The topological polar surface area (TPSA) is 72.6 Å². The van der Waals surface area contributed by atoms with E-state index in [1.807, 2.05) is 11.9 Å². The molecule has 0 spiro atoms. The van der Waals surface area contributed by atoms with E-state index >= 15 is 0 Å². The zero-order chi connectivity index (χ0) is 34.5. The smallest absolute Gasteiger partial charge is 0.305 e. The summed E-state index contributed by atoms with van der Waals surface area (Å²) in [6, 6.07) is 0. The lowest BCUT2D eigenvalue weighted by atomic mass is 10.0. The maximum Gasteiger partial charge on any atom is 0.305 e. The van der Waals surface area contributed by atoms with Gasteiger partial charge in [0, 0.05) is 25.8 Å². The molecule has 0 aromatic carbocycles. The highest BCUT2D eigenvalue weighted by molar-refractivity contribution is 5.78. The van der Waals surface area contributed by atoms with Crippen LogP contribution in [0.2, 0.25) is 0 Å². The summed E-state index contributed by atoms with van der Waals surface area (Å²) < 4.78 is 5.44. The summed E-state index contributed by atoms with van der Waals surface area (Å²) in [7, 11) is 1.95. The quantitative estimate of drug-likeness (QED) is 0.0402. The molecule has 1 unspecified atom stereocenters. The van der Waals surface area contributed by atoms with Crippen LogP contribution in [0.15, 0.2) is 0 Å². The van der Waals surface area contributed by atoms with Gasteiger partial charge in [-0.05, 0) is 26.3 Å². The minimum Gasteiger partial charge on any atom is -0.464 e.